The average Bonchev–Trinajstić information content (AvgIpc) is 2.89. The van der Waals surface area contributed by atoms with Crippen molar-refractivity contribution in [2.75, 3.05) is 0 Å². The van der Waals surface area contributed by atoms with Crippen molar-refractivity contribution in [3.63, 3.8) is 0 Å². The first-order chi connectivity index (χ1) is 9.95. The van der Waals surface area contributed by atoms with Crippen molar-refractivity contribution in [3.05, 3.63) is 57.3 Å². The fourth-order valence-corrected chi connectivity index (χ4v) is 2.57. The zero-order chi connectivity index (χ0) is 15.4. The van der Waals surface area contributed by atoms with Crippen molar-refractivity contribution < 1.29 is 18.4 Å². The van der Waals surface area contributed by atoms with Gasteiger partial charge in [-0.1, -0.05) is 6.07 Å². The van der Waals surface area contributed by atoms with Crippen LogP contribution in [-0.4, -0.2) is 11.7 Å². The van der Waals surface area contributed by atoms with E-state index in [1.54, 1.807) is 11.4 Å². The van der Waals surface area contributed by atoms with Gasteiger partial charge in [-0.3, -0.25) is 9.59 Å². The van der Waals surface area contributed by atoms with Crippen molar-refractivity contribution in [1.29, 1.82) is 0 Å². The number of nitrogens with one attached hydrogen (secondary N) is 1. The molecule has 1 N–H and O–H groups in total. The van der Waals surface area contributed by atoms with E-state index in [1.165, 1.54) is 24.3 Å². The number of benzene rings is 1. The molecule has 0 fully saturated rings. The number of ketones is 1. The lowest BCUT2D eigenvalue weighted by molar-refractivity contribution is -0.120. The van der Waals surface area contributed by atoms with Crippen molar-refractivity contribution >= 4 is 23.0 Å². The van der Waals surface area contributed by atoms with Gasteiger partial charge in [-0.2, -0.15) is 0 Å². The van der Waals surface area contributed by atoms with Gasteiger partial charge in [0.2, 0.25) is 5.91 Å². The van der Waals surface area contributed by atoms with Gasteiger partial charge in [-0.25, -0.2) is 8.78 Å². The lowest BCUT2D eigenvalue weighted by Crippen LogP contribution is -2.24. The zero-order valence-corrected chi connectivity index (χ0v) is 12.1. The van der Waals surface area contributed by atoms with Crippen LogP contribution < -0.4 is 5.32 Å². The predicted octanol–water partition coefficient (Wildman–Crippen LogP) is 3.09. The van der Waals surface area contributed by atoms with Gasteiger partial charge in [0, 0.05) is 6.54 Å². The minimum Gasteiger partial charge on any atom is -0.352 e. The zero-order valence-electron chi connectivity index (χ0n) is 11.3. The number of Topliss-reactive ketones (excluding diaryl/α,β-unsaturated/α-hetero) is 1. The summed E-state index contributed by atoms with van der Waals surface area (Å²) >= 11 is 1.30. The Labute approximate surface area is 124 Å². The Morgan fingerprint density at radius 2 is 1.90 bits per heavy atom. The van der Waals surface area contributed by atoms with E-state index >= 15 is 0 Å². The molecule has 0 atom stereocenters. The van der Waals surface area contributed by atoms with Crippen LogP contribution in [0.15, 0.2) is 29.6 Å². The van der Waals surface area contributed by atoms with E-state index < -0.39 is 11.6 Å². The third kappa shape index (κ3) is 4.19. The van der Waals surface area contributed by atoms with Gasteiger partial charge in [0.15, 0.2) is 17.4 Å². The summed E-state index contributed by atoms with van der Waals surface area (Å²) in [5.41, 5.74) is 1.24. The summed E-state index contributed by atoms with van der Waals surface area (Å²) < 4.78 is 25.8. The topological polar surface area (TPSA) is 46.2 Å². The number of hydrogen-bond donors (Lipinski definition) is 1. The first kappa shape index (κ1) is 15.3. The molecule has 1 aromatic carbocycles. The highest BCUT2D eigenvalue weighted by atomic mass is 32.1. The summed E-state index contributed by atoms with van der Waals surface area (Å²) in [4.78, 5) is 23.5. The number of hydrogen-bond acceptors (Lipinski definition) is 3. The fraction of sp³-hybridized carbons (Fsp3) is 0.200. The van der Waals surface area contributed by atoms with Gasteiger partial charge < -0.3 is 5.32 Å². The molecule has 0 unspecified atom stereocenters. The average molecular weight is 309 g/mol. The van der Waals surface area contributed by atoms with E-state index in [-0.39, 0.29) is 24.7 Å². The molecule has 6 heteroatoms. The molecule has 0 saturated carbocycles. The molecule has 1 aromatic heterocycles. The van der Waals surface area contributed by atoms with E-state index in [9.17, 15) is 18.4 Å². The Bertz CT molecular complexity index is 682. The molecule has 1 heterocycles. The van der Waals surface area contributed by atoms with Gasteiger partial charge in [0.25, 0.3) is 0 Å². The molecule has 0 saturated heterocycles. The van der Waals surface area contributed by atoms with Gasteiger partial charge >= 0.3 is 0 Å². The quantitative estimate of drug-likeness (QED) is 0.863. The van der Waals surface area contributed by atoms with Crippen LogP contribution >= 0.6 is 11.3 Å². The van der Waals surface area contributed by atoms with Crippen LogP contribution in [-0.2, 0) is 17.8 Å². The molecule has 2 rings (SSSR count). The molecule has 0 spiro atoms. The Morgan fingerprint density at radius 1 is 1.14 bits per heavy atom. The van der Waals surface area contributed by atoms with Crippen LogP contribution in [0.3, 0.4) is 0 Å². The van der Waals surface area contributed by atoms with Crippen LogP contribution in [0.2, 0.25) is 0 Å². The maximum absolute atomic E-state index is 13.0. The molecule has 3 nitrogen and oxygen atoms in total. The molecule has 0 aliphatic heterocycles. The van der Waals surface area contributed by atoms with Crippen LogP contribution in [0.5, 0.6) is 0 Å². The smallest absolute Gasteiger partial charge is 0.224 e. The summed E-state index contributed by atoms with van der Waals surface area (Å²) in [5, 5.41) is 4.38. The van der Waals surface area contributed by atoms with E-state index in [2.05, 4.69) is 5.32 Å². The van der Waals surface area contributed by atoms with E-state index in [4.69, 9.17) is 0 Å². The summed E-state index contributed by atoms with van der Waals surface area (Å²) in [6.07, 6.45) is 0.146. The van der Waals surface area contributed by atoms with Gasteiger partial charge in [0.05, 0.1) is 11.3 Å². The summed E-state index contributed by atoms with van der Waals surface area (Å²) in [5.74, 6) is -2.13. The second-order valence-electron chi connectivity index (χ2n) is 4.58. The number of rotatable bonds is 5. The molecule has 0 radical (unpaired) electrons. The van der Waals surface area contributed by atoms with E-state index in [1.807, 2.05) is 0 Å². The second kappa shape index (κ2) is 6.58. The number of halogens is 2. The lowest BCUT2D eigenvalue weighted by Gasteiger charge is -2.05. The van der Waals surface area contributed by atoms with Gasteiger partial charge in [-0.05, 0) is 41.6 Å². The third-order valence-electron chi connectivity index (χ3n) is 2.84. The first-order valence-corrected chi connectivity index (χ1v) is 7.12. The summed E-state index contributed by atoms with van der Waals surface area (Å²) in [6.45, 7) is 1.60. The number of thiophene rings is 1. The Balaban J connectivity index is 1.89. The van der Waals surface area contributed by atoms with E-state index in [0.717, 1.165) is 17.7 Å². The first-order valence-electron chi connectivity index (χ1n) is 6.24. The maximum atomic E-state index is 13.0. The van der Waals surface area contributed by atoms with Crippen molar-refractivity contribution in [3.8, 4) is 0 Å². The molecule has 2 aromatic rings. The lowest BCUT2D eigenvalue weighted by atomic mass is 10.2. The fourth-order valence-electron chi connectivity index (χ4n) is 1.75. The second-order valence-corrected chi connectivity index (χ2v) is 5.49. The summed E-state index contributed by atoms with van der Waals surface area (Å²) in [7, 11) is 0. The molecular weight excluding hydrogens is 296 g/mol. The minimum atomic E-state index is -0.939. The highest BCUT2D eigenvalue weighted by Gasteiger charge is 2.09. The molecule has 0 bridgehead atoms. The number of amides is 1. The van der Waals surface area contributed by atoms with Crippen molar-refractivity contribution in [2.45, 2.75) is 19.9 Å². The normalized spacial score (nSPS) is 10.4. The van der Waals surface area contributed by atoms with Crippen LogP contribution in [0.4, 0.5) is 8.78 Å². The molecule has 21 heavy (non-hydrogen) atoms. The third-order valence-corrected chi connectivity index (χ3v) is 3.92. The van der Waals surface area contributed by atoms with Crippen LogP contribution in [0.1, 0.15) is 27.7 Å². The highest BCUT2D eigenvalue weighted by molar-refractivity contribution is 7.12. The largest absolute Gasteiger partial charge is 0.352 e. The number of carbonyl (C=O) groups excluding carboxylic acids is 2. The molecule has 0 aliphatic rings. The molecule has 110 valence electrons. The standard InChI is InChI=1S/C15H13F2NO2S/c1-9(19)14-5-11(8-21-14)6-15(20)18-7-10-2-3-12(16)13(17)4-10/h2-5,8H,6-7H2,1H3,(H,18,20). The maximum Gasteiger partial charge on any atom is 0.224 e. The summed E-state index contributed by atoms with van der Waals surface area (Å²) in [6, 6.07) is 5.17. The Morgan fingerprint density at radius 3 is 2.52 bits per heavy atom. The SMILES string of the molecule is CC(=O)c1cc(CC(=O)NCc2ccc(F)c(F)c2)cs1. The molecule has 1 amide bonds. The molecular formula is C15H13F2NO2S. The minimum absolute atomic E-state index is 0.0338. The van der Waals surface area contributed by atoms with Crippen LogP contribution in [0, 0.1) is 11.6 Å². The van der Waals surface area contributed by atoms with Crippen molar-refractivity contribution in [2.24, 2.45) is 0 Å². The highest BCUT2D eigenvalue weighted by Crippen LogP contribution is 2.15. The van der Waals surface area contributed by atoms with Gasteiger partial charge in [-0.15, -0.1) is 11.3 Å². The monoisotopic (exact) mass is 309 g/mol. The Kier molecular flexibility index (Phi) is 4.80. The van der Waals surface area contributed by atoms with E-state index in [0.29, 0.717) is 10.4 Å². The predicted molar refractivity (Wildman–Crippen MR) is 76.2 cm³/mol. The van der Waals surface area contributed by atoms with Gasteiger partial charge in [0.1, 0.15) is 0 Å². The van der Waals surface area contributed by atoms with Crippen molar-refractivity contribution in [1.82, 2.24) is 5.32 Å². The molecule has 0 aliphatic carbocycles. The number of carbonyl (C=O) groups is 2. The van der Waals surface area contributed by atoms with Crippen LogP contribution in [0.25, 0.3) is 0 Å². The Hall–Kier alpha value is -2.08.